The minimum Gasteiger partial charge on any atom is -0.366 e. The number of amides is 2. The highest BCUT2D eigenvalue weighted by Crippen LogP contribution is 2.17. The highest BCUT2D eigenvalue weighted by atomic mass is 16.5. The number of hydrogen-bond acceptors (Lipinski definition) is 3. The molecular formula is C13H24N2O3. The number of rotatable bonds is 3. The monoisotopic (exact) mass is 256 g/mol. The summed E-state index contributed by atoms with van der Waals surface area (Å²) in [5.41, 5.74) is -0.314. The number of carbonyl (C=O) groups excluding carboxylic acids is 2. The lowest BCUT2D eigenvalue weighted by Crippen LogP contribution is -2.46. The summed E-state index contributed by atoms with van der Waals surface area (Å²) in [7, 11) is 1.63. The topological polar surface area (TPSA) is 58.6 Å². The number of ether oxygens (including phenoxy) is 1. The van der Waals surface area contributed by atoms with Crippen LogP contribution >= 0.6 is 0 Å². The van der Waals surface area contributed by atoms with Gasteiger partial charge in [0.15, 0.2) is 0 Å². The van der Waals surface area contributed by atoms with Gasteiger partial charge >= 0.3 is 0 Å². The summed E-state index contributed by atoms with van der Waals surface area (Å²) < 4.78 is 5.47. The van der Waals surface area contributed by atoms with Gasteiger partial charge in [-0.3, -0.25) is 9.59 Å². The lowest BCUT2D eigenvalue weighted by atomic mass is 9.97. The van der Waals surface area contributed by atoms with Gasteiger partial charge in [0.1, 0.15) is 6.61 Å². The molecule has 5 nitrogen and oxygen atoms in total. The molecule has 0 spiro atoms. The number of carbonyl (C=O) groups is 2. The summed E-state index contributed by atoms with van der Waals surface area (Å²) in [6, 6.07) is 0. The van der Waals surface area contributed by atoms with E-state index in [4.69, 9.17) is 4.74 Å². The van der Waals surface area contributed by atoms with Crippen LogP contribution in [-0.4, -0.2) is 49.1 Å². The van der Waals surface area contributed by atoms with Crippen molar-refractivity contribution in [3.8, 4) is 0 Å². The van der Waals surface area contributed by atoms with Crippen molar-refractivity contribution in [2.45, 2.75) is 39.2 Å². The summed E-state index contributed by atoms with van der Waals surface area (Å²) in [5, 5.41) is 2.64. The second-order valence-electron chi connectivity index (χ2n) is 5.69. The van der Waals surface area contributed by atoms with E-state index in [9.17, 15) is 9.59 Å². The molecule has 104 valence electrons. The van der Waals surface area contributed by atoms with E-state index in [1.165, 1.54) is 0 Å². The Morgan fingerprint density at radius 2 is 2.06 bits per heavy atom. The van der Waals surface area contributed by atoms with E-state index in [2.05, 4.69) is 5.32 Å². The van der Waals surface area contributed by atoms with Crippen molar-refractivity contribution in [3.63, 3.8) is 0 Å². The minimum atomic E-state index is -0.314. The van der Waals surface area contributed by atoms with Crippen LogP contribution in [0.5, 0.6) is 0 Å². The lowest BCUT2D eigenvalue weighted by Gasteiger charge is -2.32. The van der Waals surface area contributed by atoms with Gasteiger partial charge in [-0.05, 0) is 33.6 Å². The molecule has 1 fully saturated rings. The van der Waals surface area contributed by atoms with Crippen LogP contribution in [0.25, 0.3) is 0 Å². The van der Waals surface area contributed by atoms with Crippen molar-refractivity contribution in [1.82, 2.24) is 10.2 Å². The number of piperidine rings is 1. The van der Waals surface area contributed by atoms with Crippen LogP contribution in [0.15, 0.2) is 0 Å². The van der Waals surface area contributed by atoms with Gasteiger partial charge < -0.3 is 15.0 Å². The Morgan fingerprint density at radius 3 is 2.61 bits per heavy atom. The summed E-state index contributed by atoms with van der Waals surface area (Å²) in [6.45, 7) is 7.08. The molecule has 1 aliphatic rings. The summed E-state index contributed by atoms with van der Waals surface area (Å²) >= 11 is 0. The molecule has 1 heterocycles. The van der Waals surface area contributed by atoms with Crippen LogP contribution in [-0.2, 0) is 14.3 Å². The molecule has 1 unspecified atom stereocenters. The fourth-order valence-electron chi connectivity index (χ4n) is 1.99. The molecule has 0 aliphatic carbocycles. The van der Waals surface area contributed by atoms with Gasteiger partial charge in [0.05, 0.1) is 11.5 Å². The Balaban J connectivity index is 2.46. The maximum absolute atomic E-state index is 12.0. The predicted octanol–water partition coefficient (Wildman–Crippen LogP) is 0.786. The first-order valence-electron chi connectivity index (χ1n) is 6.47. The van der Waals surface area contributed by atoms with E-state index >= 15 is 0 Å². The van der Waals surface area contributed by atoms with E-state index in [0.717, 1.165) is 19.4 Å². The van der Waals surface area contributed by atoms with E-state index in [1.54, 1.807) is 11.9 Å². The molecule has 5 heteroatoms. The normalized spacial score (nSPS) is 20.7. The zero-order valence-corrected chi connectivity index (χ0v) is 11.8. The molecule has 1 aliphatic heterocycles. The Labute approximate surface area is 109 Å². The van der Waals surface area contributed by atoms with Crippen molar-refractivity contribution in [1.29, 1.82) is 0 Å². The third-order valence-corrected chi connectivity index (χ3v) is 3.02. The standard InChI is InChI=1S/C13H24N2O3/c1-13(2,3)18-9-11(16)15-7-5-6-10(8-15)12(17)14-4/h10H,5-9H2,1-4H3,(H,14,17). The molecule has 0 radical (unpaired) electrons. The van der Waals surface area contributed by atoms with Gasteiger partial charge in [-0.25, -0.2) is 0 Å². The van der Waals surface area contributed by atoms with Crippen molar-refractivity contribution in [2.24, 2.45) is 5.92 Å². The van der Waals surface area contributed by atoms with Gasteiger partial charge in [0.25, 0.3) is 0 Å². The van der Waals surface area contributed by atoms with E-state index < -0.39 is 0 Å². The first kappa shape index (κ1) is 15.0. The molecule has 1 saturated heterocycles. The average Bonchev–Trinajstić information content (AvgIpc) is 2.34. The SMILES string of the molecule is CNC(=O)C1CCCN(C(=O)COC(C)(C)C)C1. The molecule has 0 aromatic heterocycles. The minimum absolute atomic E-state index is 0.0178. The largest absolute Gasteiger partial charge is 0.366 e. The first-order valence-corrected chi connectivity index (χ1v) is 6.47. The zero-order chi connectivity index (χ0) is 13.8. The van der Waals surface area contributed by atoms with Gasteiger partial charge in [-0.1, -0.05) is 0 Å². The Hall–Kier alpha value is -1.10. The molecule has 1 rings (SSSR count). The summed E-state index contributed by atoms with van der Waals surface area (Å²) in [4.78, 5) is 25.3. The third-order valence-electron chi connectivity index (χ3n) is 3.02. The van der Waals surface area contributed by atoms with E-state index in [-0.39, 0.29) is 29.9 Å². The smallest absolute Gasteiger partial charge is 0.248 e. The molecule has 1 atom stereocenters. The second-order valence-corrected chi connectivity index (χ2v) is 5.69. The quantitative estimate of drug-likeness (QED) is 0.812. The average molecular weight is 256 g/mol. The van der Waals surface area contributed by atoms with Crippen LogP contribution < -0.4 is 5.32 Å². The van der Waals surface area contributed by atoms with Gasteiger partial charge in [0, 0.05) is 20.1 Å². The van der Waals surface area contributed by atoms with Crippen LogP contribution in [0.4, 0.5) is 0 Å². The van der Waals surface area contributed by atoms with Gasteiger partial charge in [-0.15, -0.1) is 0 Å². The van der Waals surface area contributed by atoms with Crippen molar-refractivity contribution >= 4 is 11.8 Å². The molecule has 0 bridgehead atoms. The van der Waals surface area contributed by atoms with Crippen LogP contribution in [0.3, 0.4) is 0 Å². The third kappa shape index (κ3) is 4.64. The van der Waals surface area contributed by atoms with Crippen molar-refractivity contribution < 1.29 is 14.3 Å². The molecule has 0 saturated carbocycles. The maximum atomic E-state index is 12.0. The molecule has 1 N–H and O–H groups in total. The highest BCUT2D eigenvalue weighted by molar-refractivity contribution is 5.81. The van der Waals surface area contributed by atoms with E-state index in [0.29, 0.717) is 6.54 Å². The number of nitrogens with one attached hydrogen (secondary N) is 1. The molecular weight excluding hydrogens is 232 g/mol. The predicted molar refractivity (Wildman–Crippen MR) is 69.1 cm³/mol. The number of hydrogen-bond donors (Lipinski definition) is 1. The fraction of sp³-hybridized carbons (Fsp3) is 0.846. The Bertz CT molecular complexity index is 310. The molecule has 0 aromatic rings. The van der Waals surface area contributed by atoms with Crippen LogP contribution in [0, 0.1) is 5.92 Å². The highest BCUT2D eigenvalue weighted by Gasteiger charge is 2.28. The molecule has 0 aromatic carbocycles. The van der Waals surface area contributed by atoms with Crippen molar-refractivity contribution in [2.75, 3.05) is 26.7 Å². The van der Waals surface area contributed by atoms with Crippen LogP contribution in [0.1, 0.15) is 33.6 Å². The number of likely N-dealkylation sites (tertiary alicyclic amines) is 1. The lowest BCUT2D eigenvalue weighted by molar-refractivity contribution is -0.144. The Morgan fingerprint density at radius 1 is 1.39 bits per heavy atom. The second kappa shape index (κ2) is 6.18. The van der Waals surface area contributed by atoms with Gasteiger partial charge in [-0.2, -0.15) is 0 Å². The first-order chi connectivity index (χ1) is 8.33. The van der Waals surface area contributed by atoms with Crippen LogP contribution in [0.2, 0.25) is 0 Å². The fourth-order valence-corrected chi connectivity index (χ4v) is 1.99. The number of nitrogens with zero attached hydrogens (tertiary/aromatic N) is 1. The molecule has 2 amide bonds. The summed E-state index contributed by atoms with van der Waals surface area (Å²) in [6.07, 6.45) is 1.73. The van der Waals surface area contributed by atoms with E-state index in [1.807, 2.05) is 20.8 Å². The molecule has 18 heavy (non-hydrogen) atoms. The van der Waals surface area contributed by atoms with Crippen molar-refractivity contribution in [3.05, 3.63) is 0 Å². The Kier molecular flexibility index (Phi) is 5.14. The summed E-state index contributed by atoms with van der Waals surface area (Å²) in [5.74, 6) is -0.0925. The maximum Gasteiger partial charge on any atom is 0.248 e. The zero-order valence-electron chi connectivity index (χ0n) is 11.8. The van der Waals surface area contributed by atoms with Gasteiger partial charge in [0.2, 0.25) is 11.8 Å².